The molecule has 0 aliphatic heterocycles. The van der Waals surface area contributed by atoms with E-state index in [9.17, 15) is 4.79 Å². The fourth-order valence-electron chi connectivity index (χ4n) is 1.69. The number of nitrogens with zero attached hydrogens (tertiary/aromatic N) is 1. The lowest BCUT2D eigenvalue weighted by Crippen LogP contribution is -2.24. The van der Waals surface area contributed by atoms with Crippen LogP contribution in [0.15, 0.2) is 59.7 Å². The molecule has 2 aromatic rings. The molecule has 0 unspecified atom stereocenters. The van der Waals surface area contributed by atoms with Crippen molar-refractivity contribution in [2.75, 3.05) is 13.2 Å². The maximum Gasteiger partial charge on any atom is 0.277 e. The first-order chi connectivity index (χ1) is 10.8. The minimum atomic E-state index is -0.314. The quantitative estimate of drug-likeness (QED) is 0.631. The molecule has 0 atom stereocenters. The maximum absolute atomic E-state index is 11.6. The fourth-order valence-corrected chi connectivity index (χ4v) is 1.69. The number of para-hydroxylation sites is 1. The van der Waals surface area contributed by atoms with Crippen molar-refractivity contribution < 1.29 is 14.3 Å². The normalized spacial score (nSPS) is 10.4. The number of hydrazone groups is 1. The first kappa shape index (κ1) is 15.6. The van der Waals surface area contributed by atoms with E-state index < -0.39 is 0 Å². The van der Waals surface area contributed by atoms with Crippen LogP contribution in [0.3, 0.4) is 0 Å². The largest absolute Gasteiger partial charge is 0.494 e. The average Bonchev–Trinajstić information content (AvgIpc) is 2.56. The van der Waals surface area contributed by atoms with Crippen LogP contribution in [0.5, 0.6) is 11.5 Å². The fraction of sp³-hybridized carbons (Fsp3) is 0.176. The third-order valence-corrected chi connectivity index (χ3v) is 2.71. The Morgan fingerprint density at radius 2 is 1.73 bits per heavy atom. The van der Waals surface area contributed by atoms with Crippen LogP contribution in [0.4, 0.5) is 0 Å². The molecule has 0 aliphatic rings. The topological polar surface area (TPSA) is 59.9 Å². The van der Waals surface area contributed by atoms with Gasteiger partial charge in [-0.3, -0.25) is 4.79 Å². The summed E-state index contributed by atoms with van der Waals surface area (Å²) in [7, 11) is 0. The Kier molecular flexibility index (Phi) is 5.99. The molecule has 0 radical (unpaired) electrons. The van der Waals surface area contributed by atoms with Gasteiger partial charge in [-0.05, 0) is 48.9 Å². The zero-order valence-corrected chi connectivity index (χ0v) is 12.4. The smallest absolute Gasteiger partial charge is 0.277 e. The molecule has 0 aromatic heterocycles. The highest BCUT2D eigenvalue weighted by Crippen LogP contribution is 2.10. The Balaban J connectivity index is 1.75. The molecular weight excluding hydrogens is 280 g/mol. The van der Waals surface area contributed by atoms with Crippen LogP contribution in [0.1, 0.15) is 12.5 Å². The van der Waals surface area contributed by atoms with E-state index in [4.69, 9.17) is 9.47 Å². The molecule has 0 saturated heterocycles. The van der Waals surface area contributed by atoms with Gasteiger partial charge in [0.25, 0.3) is 5.91 Å². The monoisotopic (exact) mass is 298 g/mol. The molecule has 22 heavy (non-hydrogen) atoms. The number of ether oxygens (including phenoxy) is 2. The highest BCUT2D eigenvalue weighted by molar-refractivity contribution is 5.83. The minimum Gasteiger partial charge on any atom is -0.494 e. The van der Waals surface area contributed by atoms with E-state index in [0.29, 0.717) is 12.4 Å². The van der Waals surface area contributed by atoms with Gasteiger partial charge in [0, 0.05) is 0 Å². The van der Waals surface area contributed by atoms with Gasteiger partial charge in [0.1, 0.15) is 11.5 Å². The van der Waals surface area contributed by atoms with E-state index >= 15 is 0 Å². The van der Waals surface area contributed by atoms with Crippen LogP contribution < -0.4 is 14.9 Å². The third kappa shape index (κ3) is 5.28. The first-order valence-corrected chi connectivity index (χ1v) is 7.00. The number of hydrogen-bond donors (Lipinski definition) is 1. The molecule has 0 spiro atoms. The molecule has 114 valence electrons. The molecule has 5 heteroatoms. The Morgan fingerprint density at radius 1 is 1.05 bits per heavy atom. The second-order valence-corrected chi connectivity index (χ2v) is 4.40. The summed E-state index contributed by atoms with van der Waals surface area (Å²) in [6.45, 7) is 2.48. The summed E-state index contributed by atoms with van der Waals surface area (Å²) in [5.74, 6) is 1.14. The standard InChI is InChI=1S/C17H18N2O3/c1-2-21-16-10-8-14(9-11-16)12-18-19-17(20)13-22-15-6-4-3-5-7-15/h3-12H,2,13H2,1H3,(H,19,20). The van der Waals surface area contributed by atoms with E-state index in [0.717, 1.165) is 11.3 Å². The predicted molar refractivity (Wildman–Crippen MR) is 85.3 cm³/mol. The van der Waals surface area contributed by atoms with Gasteiger partial charge in [0.15, 0.2) is 6.61 Å². The van der Waals surface area contributed by atoms with Crippen molar-refractivity contribution in [2.24, 2.45) is 5.10 Å². The molecule has 0 heterocycles. The van der Waals surface area contributed by atoms with Gasteiger partial charge >= 0.3 is 0 Å². The van der Waals surface area contributed by atoms with E-state index in [1.165, 1.54) is 0 Å². The average molecular weight is 298 g/mol. The zero-order valence-electron chi connectivity index (χ0n) is 12.4. The van der Waals surface area contributed by atoms with Crippen LogP contribution in [-0.4, -0.2) is 25.3 Å². The van der Waals surface area contributed by atoms with Gasteiger partial charge in [0.2, 0.25) is 0 Å². The second-order valence-electron chi connectivity index (χ2n) is 4.40. The molecule has 0 fully saturated rings. The second kappa shape index (κ2) is 8.46. The Hall–Kier alpha value is -2.82. The highest BCUT2D eigenvalue weighted by atomic mass is 16.5. The lowest BCUT2D eigenvalue weighted by molar-refractivity contribution is -0.123. The number of carbonyl (C=O) groups is 1. The van der Waals surface area contributed by atoms with Crippen molar-refractivity contribution in [3.05, 3.63) is 60.2 Å². The number of rotatable bonds is 7. The van der Waals surface area contributed by atoms with Crippen LogP contribution >= 0.6 is 0 Å². The molecule has 2 rings (SSSR count). The number of nitrogens with one attached hydrogen (secondary N) is 1. The molecule has 1 N–H and O–H groups in total. The van der Waals surface area contributed by atoms with Crippen LogP contribution in [0, 0.1) is 0 Å². The van der Waals surface area contributed by atoms with Gasteiger partial charge < -0.3 is 9.47 Å². The lowest BCUT2D eigenvalue weighted by atomic mass is 10.2. The number of hydrogen-bond acceptors (Lipinski definition) is 4. The summed E-state index contributed by atoms with van der Waals surface area (Å²) in [4.78, 5) is 11.6. The summed E-state index contributed by atoms with van der Waals surface area (Å²) < 4.78 is 10.7. The van der Waals surface area contributed by atoms with Gasteiger partial charge in [-0.25, -0.2) is 5.43 Å². The van der Waals surface area contributed by atoms with Crippen LogP contribution in [0.25, 0.3) is 0 Å². The predicted octanol–water partition coefficient (Wildman–Crippen LogP) is 2.61. The molecule has 0 aliphatic carbocycles. The number of carbonyl (C=O) groups excluding carboxylic acids is 1. The van der Waals surface area contributed by atoms with Crippen molar-refractivity contribution >= 4 is 12.1 Å². The van der Waals surface area contributed by atoms with Gasteiger partial charge in [-0.2, -0.15) is 5.10 Å². The van der Waals surface area contributed by atoms with Gasteiger partial charge in [0.05, 0.1) is 12.8 Å². The third-order valence-electron chi connectivity index (χ3n) is 2.71. The summed E-state index contributed by atoms with van der Waals surface area (Å²) in [6.07, 6.45) is 1.57. The Labute approximate surface area is 129 Å². The van der Waals surface area contributed by atoms with Crippen molar-refractivity contribution in [1.29, 1.82) is 0 Å². The first-order valence-electron chi connectivity index (χ1n) is 7.00. The minimum absolute atomic E-state index is 0.0787. The Morgan fingerprint density at radius 3 is 2.41 bits per heavy atom. The van der Waals surface area contributed by atoms with Gasteiger partial charge in [-0.1, -0.05) is 18.2 Å². The van der Waals surface area contributed by atoms with E-state index in [2.05, 4.69) is 10.5 Å². The molecule has 0 saturated carbocycles. The SMILES string of the molecule is CCOc1ccc(C=NNC(=O)COc2ccccc2)cc1. The van der Waals surface area contributed by atoms with Crippen molar-refractivity contribution in [1.82, 2.24) is 5.43 Å². The molecule has 1 amide bonds. The maximum atomic E-state index is 11.6. The molecule has 2 aromatic carbocycles. The lowest BCUT2D eigenvalue weighted by Gasteiger charge is -2.04. The van der Waals surface area contributed by atoms with Crippen LogP contribution in [-0.2, 0) is 4.79 Å². The molecular formula is C17H18N2O3. The number of amides is 1. The van der Waals surface area contributed by atoms with E-state index in [1.54, 1.807) is 18.3 Å². The number of benzene rings is 2. The molecule has 0 bridgehead atoms. The Bertz CT molecular complexity index is 610. The van der Waals surface area contributed by atoms with Crippen molar-refractivity contribution in [3.8, 4) is 11.5 Å². The van der Waals surface area contributed by atoms with E-state index in [1.807, 2.05) is 49.4 Å². The van der Waals surface area contributed by atoms with Gasteiger partial charge in [-0.15, -0.1) is 0 Å². The summed E-state index contributed by atoms with van der Waals surface area (Å²) in [6, 6.07) is 16.6. The summed E-state index contributed by atoms with van der Waals surface area (Å²) in [5, 5.41) is 3.88. The van der Waals surface area contributed by atoms with Crippen molar-refractivity contribution in [2.45, 2.75) is 6.92 Å². The van der Waals surface area contributed by atoms with E-state index in [-0.39, 0.29) is 12.5 Å². The zero-order chi connectivity index (χ0) is 15.6. The highest BCUT2D eigenvalue weighted by Gasteiger charge is 2.00. The van der Waals surface area contributed by atoms with Crippen LogP contribution in [0.2, 0.25) is 0 Å². The summed E-state index contributed by atoms with van der Waals surface area (Å²) in [5.41, 5.74) is 3.28. The molecule has 5 nitrogen and oxygen atoms in total. The summed E-state index contributed by atoms with van der Waals surface area (Å²) >= 11 is 0. The van der Waals surface area contributed by atoms with Crippen molar-refractivity contribution in [3.63, 3.8) is 0 Å².